The maximum absolute atomic E-state index is 6.45. The van der Waals surface area contributed by atoms with E-state index < -0.39 is 0 Å². The van der Waals surface area contributed by atoms with Gasteiger partial charge in [-0.05, 0) is 54.3 Å². The molecule has 0 aliphatic rings. The van der Waals surface area contributed by atoms with E-state index in [9.17, 15) is 0 Å². The molecule has 4 rings (SSSR count). The van der Waals surface area contributed by atoms with Gasteiger partial charge in [0, 0.05) is 22.2 Å². The number of rotatable bonds is 4. The molecule has 1 aromatic carbocycles. The first-order valence-electron chi connectivity index (χ1n) is 8.31. The van der Waals surface area contributed by atoms with Gasteiger partial charge in [-0.15, -0.1) is 22.7 Å². The van der Waals surface area contributed by atoms with Gasteiger partial charge in [-0.3, -0.25) is 4.98 Å². The molecule has 4 aromatic rings. The summed E-state index contributed by atoms with van der Waals surface area (Å²) in [6.07, 6.45) is 5.28. The third kappa shape index (κ3) is 4.10. The summed E-state index contributed by atoms with van der Waals surface area (Å²) in [6.45, 7) is 2.06. The molecule has 0 atom stereocenters. The van der Waals surface area contributed by atoms with Crippen LogP contribution >= 0.6 is 45.9 Å². The Morgan fingerprint density at radius 2 is 2.04 bits per heavy atom. The molecule has 0 unspecified atom stereocenters. The van der Waals surface area contributed by atoms with Gasteiger partial charge in [0.25, 0.3) is 0 Å². The largest absolute Gasteiger partial charge is 0.262 e. The summed E-state index contributed by atoms with van der Waals surface area (Å²) in [5.74, 6) is 0. The first-order chi connectivity index (χ1) is 13.6. The lowest BCUT2D eigenvalue weighted by atomic mass is 10.2. The van der Waals surface area contributed by atoms with Crippen molar-refractivity contribution in [1.29, 1.82) is 0 Å². The van der Waals surface area contributed by atoms with E-state index in [0.29, 0.717) is 10.0 Å². The number of thiophene rings is 1. The van der Waals surface area contributed by atoms with Crippen LogP contribution in [-0.2, 0) is 0 Å². The van der Waals surface area contributed by atoms with Crippen LogP contribution in [0.4, 0.5) is 5.69 Å². The van der Waals surface area contributed by atoms with Crippen LogP contribution in [0.1, 0.15) is 10.4 Å². The number of pyridine rings is 1. The Balaban J connectivity index is 1.88. The Bertz CT molecular complexity index is 1210. The molecule has 0 saturated heterocycles. The van der Waals surface area contributed by atoms with Crippen molar-refractivity contribution in [2.45, 2.75) is 6.92 Å². The van der Waals surface area contributed by atoms with Gasteiger partial charge in [-0.25, -0.2) is 9.67 Å². The molecule has 28 heavy (non-hydrogen) atoms. The fraction of sp³-hybridized carbons (Fsp3) is 0.0500. The number of thiazole rings is 1. The fourth-order valence-electron chi connectivity index (χ4n) is 2.53. The lowest BCUT2D eigenvalue weighted by Gasteiger charge is -2.06. The highest BCUT2D eigenvalue weighted by molar-refractivity contribution is 7.11. The Hall–Kier alpha value is -2.25. The van der Waals surface area contributed by atoms with Crippen LogP contribution in [0, 0.1) is 6.92 Å². The van der Waals surface area contributed by atoms with Gasteiger partial charge in [0.2, 0.25) is 4.80 Å². The van der Waals surface area contributed by atoms with Gasteiger partial charge in [0.1, 0.15) is 0 Å². The highest BCUT2D eigenvalue weighted by Gasteiger charge is 2.12. The Morgan fingerprint density at radius 3 is 2.75 bits per heavy atom. The number of aromatic nitrogens is 2. The summed E-state index contributed by atoms with van der Waals surface area (Å²) in [6, 6.07) is 11.3. The zero-order valence-electron chi connectivity index (χ0n) is 14.7. The predicted molar refractivity (Wildman–Crippen MR) is 119 cm³/mol. The summed E-state index contributed by atoms with van der Waals surface area (Å²) >= 11 is 15.6. The van der Waals surface area contributed by atoms with E-state index in [2.05, 4.69) is 18.0 Å². The minimum absolute atomic E-state index is 0.564. The van der Waals surface area contributed by atoms with Crippen LogP contribution < -0.4 is 4.80 Å². The fourth-order valence-corrected chi connectivity index (χ4v) is 4.66. The van der Waals surface area contributed by atoms with Crippen LogP contribution in [0.2, 0.25) is 10.0 Å². The molecule has 0 N–H and O–H groups in total. The van der Waals surface area contributed by atoms with E-state index in [1.54, 1.807) is 34.5 Å². The quantitative estimate of drug-likeness (QED) is 0.335. The van der Waals surface area contributed by atoms with Gasteiger partial charge in [0.15, 0.2) is 0 Å². The molecule has 3 heterocycles. The number of hydrogen-bond donors (Lipinski definition) is 0. The molecule has 0 radical (unpaired) electrons. The topological polar surface area (TPSA) is 42.5 Å². The van der Waals surface area contributed by atoms with Crippen molar-refractivity contribution >= 4 is 57.8 Å². The van der Waals surface area contributed by atoms with Crippen molar-refractivity contribution in [1.82, 2.24) is 9.66 Å². The van der Waals surface area contributed by atoms with Gasteiger partial charge >= 0.3 is 0 Å². The first-order valence-corrected chi connectivity index (χ1v) is 10.8. The Labute approximate surface area is 180 Å². The summed E-state index contributed by atoms with van der Waals surface area (Å²) < 4.78 is 1.80. The van der Waals surface area contributed by atoms with Gasteiger partial charge in [-0.1, -0.05) is 23.2 Å². The lowest BCUT2D eigenvalue weighted by molar-refractivity contribution is 0.854. The molecule has 0 amide bonds. The summed E-state index contributed by atoms with van der Waals surface area (Å²) in [7, 11) is 0. The smallest absolute Gasteiger partial charge is 0.211 e. The SMILES string of the molecule is Cc1ccsc1C=Nn1c(-c2ccc(Cl)cc2Cl)csc1=Nc1cccnc1. The van der Waals surface area contributed by atoms with Crippen LogP contribution in [0.25, 0.3) is 11.3 Å². The van der Waals surface area contributed by atoms with Gasteiger partial charge in [0.05, 0.1) is 33.7 Å². The van der Waals surface area contributed by atoms with Crippen LogP contribution in [0.3, 0.4) is 0 Å². The minimum Gasteiger partial charge on any atom is -0.262 e. The second-order valence-corrected chi connectivity index (χ2v) is 8.50. The van der Waals surface area contributed by atoms with E-state index in [1.807, 2.05) is 41.2 Å². The highest BCUT2D eigenvalue weighted by atomic mass is 35.5. The Kier molecular flexibility index (Phi) is 5.73. The number of hydrogen-bond acceptors (Lipinski definition) is 5. The Morgan fingerprint density at radius 1 is 1.14 bits per heavy atom. The molecular formula is C20H14Cl2N4S2. The third-order valence-corrected chi connectivity index (χ3v) is 6.27. The summed E-state index contributed by atoms with van der Waals surface area (Å²) in [5.41, 5.74) is 3.63. The van der Waals surface area contributed by atoms with E-state index in [0.717, 1.165) is 26.6 Å². The molecule has 0 spiro atoms. The number of aryl methyl sites for hydroxylation is 1. The summed E-state index contributed by atoms with van der Waals surface area (Å²) in [4.78, 5) is 10.6. The van der Waals surface area contributed by atoms with Crippen molar-refractivity contribution in [2.75, 3.05) is 0 Å². The van der Waals surface area contributed by atoms with Crippen LogP contribution in [0.15, 0.2) is 69.6 Å². The molecule has 0 saturated carbocycles. The van der Waals surface area contributed by atoms with Gasteiger partial charge < -0.3 is 0 Å². The van der Waals surface area contributed by atoms with Gasteiger partial charge in [-0.2, -0.15) is 5.10 Å². The molecule has 8 heteroatoms. The minimum atomic E-state index is 0.564. The molecule has 0 bridgehead atoms. The highest BCUT2D eigenvalue weighted by Crippen LogP contribution is 2.31. The second kappa shape index (κ2) is 8.41. The van der Waals surface area contributed by atoms with Crippen molar-refractivity contribution in [3.63, 3.8) is 0 Å². The first kappa shape index (κ1) is 19.1. The number of benzene rings is 1. The van der Waals surface area contributed by atoms with Crippen LogP contribution in [-0.4, -0.2) is 15.9 Å². The molecule has 140 valence electrons. The maximum atomic E-state index is 6.45. The van der Waals surface area contributed by atoms with E-state index in [-0.39, 0.29) is 0 Å². The predicted octanol–water partition coefficient (Wildman–Crippen LogP) is 6.40. The maximum Gasteiger partial charge on any atom is 0.211 e. The van der Waals surface area contributed by atoms with Crippen LogP contribution in [0.5, 0.6) is 0 Å². The zero-order valence-corrected chi connectivity index (χ0v) is 17.9. The molecule has 0 aliphatic heterocycles. The van der Waals surface area contributed by atoms with E-state index >= 15 is 0 Å². The molecule has 0 fully saturated rings. The average Bonchev–Trinajstić information content (AvgIpc) is 3.27. The number of halogens is 2. The normalized spacial score (nSPS) is 12.2. The van der Waals surface area contributed by atoms with Crippen molar-refractivity contribution in [2.24, 2.45) is 10.1 Å². The van der Waals surface area contributed by atoms with E-state index in [1.165, 1.54) is 16.9 Å². The molecule has 3 aromatic heterocycles. The average molecular weight is 445 g/mol. The van der Waals surface area contributed by atoms with Crippen molar-refractivity contribution in [3.8, 4) is 11.3 Å². The summed E-state index contributed by atoms with van der Waals surface area (Å²) in [5, 5.41) is 9.91. The molecular weight excluding hydrogens is 431 g/mol. The third-order valence-electron chi connectivity index (χ3n) is 3.96. The lowest BCUT2D eigenvalue weighted by Crippen LogP contribution is -2.11. The van der Waals surface area contributed by atoms with Crippen molar-refractivity contribution < 1.29 is 0 Å². The molecule has 4 nitrogen and oxygen atoms in total. The standard InChI is InChI=1S/C20H14Cl2N4S2/c1-13-6-8-27-19(13)11-24-26-18(16-5-4-14(21)9-17(16)22)12-28-20(26)25-15-3-2-7-23-10-15/h2-12H,1H3. The molecule has 0 aliphatic carbocycles. The second-order valence-electron chi connectivity index (χ2n) is 5.87. The van der Waals surface area contributed by atoms with E-state index in [4.69, 9.17) is 33.3 Å². The van der Waals surface area contributed by atoms with Crippen molar-refractivity contribution in [3.05, 3.63) is 84.8 Å². The number of nitrogens with zero attached hydrogens (tertiary/aromatic N) is 4. The monoisotopic (exact) mass is 444 g/mol. The zero-order chi connectivity index (χ0) is 19.5.